The van der Waals surface area contributed by atoms with Gasteiger partial charge in [-0.05, 0) is 24.6 Å². The van der Waals surface area contributed by atoms with E-state index in [9.17, 15) is 14.4 Å². The van der Waals surface area contributed by atoms with Gasteiger partial charge in [-0.1, -0.05) is 6.07 Å². The minimum atomic E-state index is -0.410. The number of nitrogens with one attached hydrogen (secondary N) is 1. The molecule has 1 aliphatic heterocycles. The van der Waals surface area contributed by atoms with Crippen molar-refractivity contribution in [2.24, 2.45) is 0 Å². The lowest BCUT2D eigenvalue weighted by Gasteiger charge is -2.27. The standard InChI is InChI=1S/C21H26N4O6/c1-4-31-21(28)24-8-7-16-15(12-24)10-20(27)25(23-16)13-19(26)22-11-14-5-6-17(29-2)18(9-14)30-3/h5-6,9-10H,4,7-8,11-13H2,1-3H3,(H,22,26). The Morgan fingerprint density at radius 1 is 1.16 bits per heavy atom. The molecule has 1 N–H and O–H groups in total. The largest absolute Gasteiger partial charge is 0.493 e. The molecular formula is C21H26N4O6. The van der Waals surface area contributed by atoms with Crippen molar-refractivity contribution in [2.45, 2.75) is 33.0 Å². The van der Waals surface area contributed by atoms with Gasteiger partial charge >= 0.3 is 6.09 Å². The number of carbonyl (C=O) groups excluding carboxylic acids is 2. The third-order valence-corrected chi connectivity index (χ3v) is 4.90. The van der Waals surface area contributed by atoms with E-state index < -0.39 is 11.7 Å². The minimum absolute atomic E-state index is 0.193. The van der Waals surface area contributed by atoms with E-state index in [4.69, 9.17) is 14.2 Å². The molecule has 1 aromatic carbocycles. The van der Waals surface area contributed by atoms with E-state index in [-0.39, 0.29) is 25.5 Å². The first kappa shape index (κ1) is 22.1. The van der Waals surface area contributed by atoms with Crippen molar-refractivity contribution in [3.05, 3.63) is 51.4 Å². The zero-order chi connectivity index (χ0) is 22.4. The van der Waals surface area contributed by atoms with Crippen molar-refractivity contribution in [1.82, 2.24) is 20.0 Å². The van der Waals surface area contributed by atoms with Crippen molar-refractivity contribution in [2.75, 3.05) is 27.4 Å². The summed E-state index contributed by atoms with van der Waals surface area (Å²) in [5, 5.41) is 7.10. The monoisotopic (exact) mass is 430 g/mol. The topological polar surface area (TPSA) is 112 Å². The number of hydrogen-bond acceptors (Lipinski definition) is 7. The molecule has 31 heavy (non-hydrogen) atoms. The average Bonchev–Trinajstić information content (AvgIpc) is 2.77. The normalized spacial score (nSPS) is 12.7. The van der Waals surface area contributed by atoms with E-state index in [0.29, 0.717) is 42.3 Å². The lowest BCUT2D eigenvalue weighted by Crippen LogP contribution is -2.40. The summed E-state index contributed by atoms with van der Waals surface area (Å²) in [6.45, 7) is 2.83. The highest BCUT2D eigenvalue weighted by Gasteiger charge is 2.24. The number of nitrogens with zero attached hydrogens (tertiary/aromatic N) is 3. The Kier molecular flexibility index (Phi) is 7.11. The van der Waals surface area contributed by atoms with Crippen LogP contribution in [0.4, 0.5) is 4.79 Å². The molecule has 10 heteroatoms. The number of ether oxygens (including phenoxy) is 3. The number of fused-ring (bicyclic) bond motifs is 1. The third kappa shape index (κ3) is 5.33. The number of benzene rings is 1. The van der Waals surface area contributed by atoms with E-state index in [1.54, 1.807) is 33.3 Å². The zero-order valence-corrected chi connectivity index (χ0v) is 17.8. The van der Waals surface area contributed by atoms with E-state index in [1.165, 1.54) is 11.0 Å². The Hall–Kier alpha value is -3.56. The van der Waals surface area contributed by atoms with Gasteiger partial charge in [-0.3, -0.25) is 9.59 Å². The molecule has 166 valence electrons. The predicted molar refractivity (Wildman–Crippen MR) is 111 cm³/mol. The molecule has 1 aromatic heterocycles. The molecule has 2 aromatic rings. The highest BCUT2D eigenvalue weighted by Crippen LogP contribution is 2.27. The van der Waals surface area contributed by atoms with Crippen molar-refractivity contribution < 1.29 is 23.8 Å². The molecule has 3 rings (SSSR count). The van der Waals surface area contributed by atoms with Gasteiger partial charge in [0.25, 0.3) is 5.56 Å². The maximum Gasteiger partial charge on any atom is 0.410 e. The van der Waals surface area contributed by atoms with Crippen LogP contribution in [-0.2, 0) is 35.6 Å². The second-order valence-corrected chi connectivity index (χ2v) is 6.95. The SMILES string of the molecule is CCOC(=O)N1CCc2nn(CC(=O)NCc3ccc(OC)c(OC)c3)c(=O)cc2C1. The second-order valence-electron chi connectivity index (χ2n) is 6.95. The van der Waals surface area contributed by atoms with Gasteiger partial charge in [0, 0.05) is 31.1 Å². The van der Waals surface area contributed by atoms with E-state index >= 15 is 0 Å². The Labute approximate surface area is 179 Å². The number of aromatic nitrogens is 2. The van der Waals surface area contributed by atoms with Crippen molar-refractivity contribution in [1.29, 1.82) is 0 Å². The number of methoxy groups -OCH3 is 2. The van der Waals surface area contributed by atoms with Crippen LogP contribution in [0.5, 0.6) is 11.5 Å². The molecule has 10 nitrogen and oxygen atoms in total. The van der Waals surface area contributed by atoms with E-state index in [1.807, 2.05) is 6.07 Å². The number of carbonyl (C=O) groups is 2. The van der Waals surface area contributed by atoms with Gasteiger partial charge in [0.15, 0.2) is 11.5 Å². The summed E-state index contributed by atoms with van der Waals surface area (Å²) < 4.78 is 16.6. The van der Waals surface area contributed by atoms with Gasteiger partial charge in [0.05, 0.1) is 33.1 Å². The first-order valence-corrected chi connectivity index (χ1v) is 9.94. The molecule has 0 aliphatic carbocycles. The fourth-order valence-corrected chi connectivity index (χ4v) is 3.31. The van der Waals surface area contributed by atoms with Crippen molar-refractivity contribution in [3.63, 3.8) is 0 Å². The molecular weight excluding hydrogens is 404 g/mol. The van der Waals surface area contributed by atoms with E-state index in [2.05, 4.69) is 10.4 Å². The molecule has 0 saturated heterocycles. The summed E-state index contributed by atoms with van der Waals surface area (Å²) in [6, 6.07) is 6.78. The first-order valence-electron chi connectivity index (χ1n) is 9.94. The van der Waals surface area contributed by atoms with Gasteiger partial charge in [-0.15, -0.1) is 0 Å². The molecule has 1 aliphatic rings. The quantitative estimate of drug-likeness (QED) is 0.700. The first-order chi connectivity index (χ1) is 14.9. The smallest absolute Gasteiger partial charge is 0.410 e. The number of hydrogen-bond donors (Lipinski definition) is 1. The molecule has 0 spiro atoms. The highest BCUT2D eigenvalue weighted by atomic mass is 16.6. The van der Waals surface area contributed by atoms with Crippen molar-refractivity contribution >= 4 is 12.0 Å². The minimum Gasteiger partial charge on any atom is -0.493 e. The Morgan fingerprint density at radius 3 is 2.65 bits per heavy atom. The average molecular weight is 430 g/mol. The molecule has 0 radical (unpaired) electrons. The van der Waals surface area contributed by atoms with Crippen LogP contribution >= 0.6 is 0 Å². The Morgan fingerprint density at radius 2 is 1.94 bits per heavy atom. The summed E-state index contributed by atoms with van der Waals surface area (Å²) >= 11 is 0. The number of rotatable bonds is 7. The summed E-state index contributed by atoms with van der Waals surface area (Å²) in [5.41, 5.74) is 1.81. The molecule has 0 atom stereocenters. The summed E-state index contributed by atoms with van der Waals surface area (Å²) in [4.78, 5) is 38.2. The molecule has 0 unspecified atom stereocenters. The summed E-state index contributed by atoms with van der Waals surface area (Å²) in [5.74, 6) is 0.830. The lowest BCUT2D eigenvalue weighted by molar-refractivity contribution is -0.122. The van der Waals surface area contributed by atoms with Crippen LogP contribution < -0.4 is 20.3 Å². The second kappa shape index (κ2) is 9.96. The van der Waals surface area contributed by atoms with Crippen LogP contribution in [-0.4, -0.2) is 54.1 Å². The van der Waals surface area contributed by atoms with Gasteiger partial charge in [-0.2, -0.15) is 5.10 Å². The summed E-state index contributed by atoms with van der Waals surface area (Å²) in [7, 11) is 3.09. The van der Waals surface area contributed by atoms with Crippen LogP contribution in [0.2, 0.25) is 0 Å². The number of amides is 2. The zero-order valence-electron chi connectivity index (χ0n) is 17.8. The van der Waals surface area contributed by atoms with Crippen LogP contribution in [0.25, 0.3) is 0 Å². The van der Waals surface area contributed by atoms with Crippen LogP contribution in [0, 0.1) is 0 Å². The Balaban J connectivity index is 1.62. The van der Waals surface area contributed by atoms with E-state index in [0.717, 1.165) is 10.2 Å². The summed E-state index contributed by atoms with van der Waals surface area (Å²) in [6.07, 6.45) is 0.0775. The maximum absolute atomic E-state index is 12.4. The Bertz CT molecular complexity index is 1020. The molecule has 2 heterocycles. The molecule has 0 fully saturated rings. The fraction of sp³-hybridized carbons (Fsp3) is 0.429. The molecule has 2 amide bonds. The van der Waals surface area contributed by atoms with Crippen molar-refractivity contribution in [3.8, 4) is 11.5 Å². The van der Waals surface area contributed by atoms with Gasteiger partial charge < -0.3 is 24.4 Å². The predicted octanol–water partition coefficient (Wildman–Crippen LogP) is 1.09. The van der Waals surface area contributed by atoms with Gasteiger partial charge in [-0.25, -0.2) is 9.48 Å². The van der Waals surface area contributed by atoms with Crippen LogP contribution in [0.1, 0.15) is 23.7 Å². The van der Waals surface area contributed by atoms with Crippen LogP contribution in [0.3, 0.4) is 0 Å². The third-order valence-electron chi connectivity index (χ3n) is 4.90. The highest BCUT2D eigenvalue weighted by molar-refractivity contribution is 5.75. The van der Waals surface area contributed by atoms with Crippen LogP contribution in [0.15, 0.2) is 29.1 Å². The van der Waals surface area contributed by atoms with Gasteiger partial charge in [0.1, 0.15) is 6.54 Å². The molecule has 0 bridgehead atoms. The lowest BCUT2D eigenvalue weighted by atomic mass is 10.1. The molecule has 0 saturated carbocycles. The maximum atomic E-state index is 12.4. The fourth-order valence-electron chi connectivity index (χ4n) is 3.31. The van der Waals surface area contributed by atoms with Gasteiger partial charge in [0.2, 0.25) is 5.91 Å².